The first-order valence-electron chi connectivity index (χ1n) is 17.3. The average molecular weight is 717 g/mol. The largest absolute Gasteiger partial charge is 0.391 e. The molecule has 2 saturated heterocycles. The summed E-state index contributed by atoms with van der Waals surface area (Å²) in [6.45, 7) is 7.86. The van der Waals surface area contributed by atoms with Gasteiger partial charge >= 0.3 is 5.69 Å². The van der Waals surface area contributed by atoms with Crippen molar-refractivity contribution in [1.82, 2.24) is 29.1 Å². The highest BCUT2D eigenvalue weighted by Gasteiger charge is 2.44. The van der Waals surface area contributed by atoms with Crippen molar-refractivity contribution in [2.45, 2.75) is 55.9 Å². The van der Waals surface area contributed by atoms with Gasteiger partial charge in [-0.25, -0.2) is 32.5 Å². The normalized spacial score (nSPS) is 20.5. The zero-order valence-electron chi connectivity index (χ0n) is 28.7. The van der Waals surface area contributed by atoms with Gasteiger partial charge in [-0.2, -0.15) is 10.2 Å². The number of piperazine rings is 1. The van der Waals surface area contributed by atoms with Gasteiger partial charge in [0.1, 0.15) is 36.2 Å². The van der Waals surface area contributed by atoms with Crippen LogP contribution < -0.4 is 15.5 Å². The Morgan fingerprint density at radius 2 is 1.61 bits per heavy atom. The number of thioether (sulfide) groups is 1. The van der Waals surface area contributed by atoms with Crippen molar-refractivity contribution in [3.8, 4) is 5.69 Å². The first-order valence-corrected chi connectivity index (χ1v) is 18.3. The van der Waals surface area contributed by atoms with Gasteiger partial charge in [-0.1, -0.05) is 13.0 Å². The van der Waals surface area contributed by atoms with Crippen LogP contribution in [-0.4, -0.2) is 78.9 Å². The van der Waals surface area contributed by atoms with E-state index in [1.54, 1.807) is 29.7 Å². The van der Waals surface area contributed by atoms with Gasteiger partial charge in [-0.3, -0.25) is 0 Å². The van der Waals surface area contributed by atoms with E-state index >= 15 is 0 Å². The highest BCUT2D eigenvalue weighted by atomic mass is 32.2. The molecule has 4 heterocycles. The molecule has 2 aromatic heterocycles. The number of rotatable bonds is 12. The monoisotopic (exact) mass is 716 g/mol. The molecule has 268 valence electrons. The van der Waals surface area contributed by atoms with Crippen LogP contribution in [0.25, 0.3) is 5.69 Å². The zero-order chi connectivity index (χ0) is 35.5. The average Bonchev–Trinajstić information content (AvgIpc) is 3.90. The van der Waals surface area contributed by atoms with Gasteiger partial charge in [-0.15, -0.1) is 11.8 Å². The van der Waals surface area contributed by atoms with Crippen LogP contribution in [-0.2, 0) is 16.9 Å². The lowest BCUT2D eigenvalue weighted by Crippen LogP contribution is -2.46. The highest BCUT2D eigenvalue weighted by Crippen LogP contribution is 2.43. The molecule has 0 bridgehead atoms. The summed E-state index contributed by atoms with van der Waals surface area (Å²) < 4.78 is 39.6. The molecular weight excluding hydrogens is 675 g/mol. The van der Waals surface area contributed by atoms with Crippen LogP contribution in [0.3, 0.4) is 0 Å². The van der Waals surface area contributed by atoms with Crippen molar-refractivity contribution in [3.63, 3.8) is 0 Å². The van der Waals surface area contributed by atoms with Crippen molar-refractivity contribution in [2.24, 2.45) is 5.92 Å². The molecule has 2 unspecified atom stereocenters. The summed E-state index contributed by atoms with van der Waals surface area (Å²) in [5.74, 6) is -0.257. The number of benzene rings is 3. The van der Waals surface area contributed by atoms with Crippen molar-refractivity contribution >= 4 is 23.1 Å². The fourth-order valence-corrected chi connectivity index (χ4v) is 8.21. The number of nitrogens with zero attached hydrogens (tertiary/aromatic N) is 8. The standard InChI is InChI=1S/C37H42F2N8O3S/c1-3-35(26(2)48)47-36(49)46(25-42-47)31-7-5-29(6-8-31)43-14-16-44(17-15-43)30-9-11-32(12-10-30)51-21-27-19-37(50-20-27,22-45-24-40-23-41-45)33-13-4-28(38)18-34(33)39/h4-13,18,23-27,35,48H,3,14-17,19-22H2,1-2H3/t26?,27-,35?,37-/m0/s1. The molecule has 2 fully saturated rings. The third-order valence-electron chi connectivity index (χ3n) is 9.96. The van der Waals surface area contributed by atoms with Crippen LogP contribution in [0.15, 0.2) is 95.4 Å². The Bertz CT molecular complexity index is 1960. The summed E-state index contributed by atoms with van der Waals surface area (Å²) >= 11 is 1.75. The minimum Gasteiger partial charge on any atom is -0.391 e. The summed E-state index contributed by atoms with van der Waals surface area (Å²) in [4.78, 5) is 22.9. The quantitative estimate of drug-likeness (QED) is 0.173. The second-order valence-electron chi connectivity index (χ2n) is 13.3. The summed E-state index contributed by atoms with van der Waals surface area (Å²) in [6.07, 6.45) is 5.05. The van der Waals surface area contributed by atoms with Crippen LogP contribution in [0.5, 0.6) is 0 Å². The number of halogens is 2. The lowest BCUT2D eigenvalue weighted by Gasteiger charge is -2.37. The molecule has 3 aromatic carbocycles. The second-order valence-corrected chi connectivity index (χ2v) is 14.4. The van der Waals surface area contributed by atoms with E-state index in [0.717, 1.165) is 54.3 Å². The molecule has 2 aliphatic rings. The summed E-state index contributed by atoms with van der Waals surface area (Å²) in [6, 6.07) is 19.9. The third-order valence-corrected chi connectivity index (χ3v) is 11.2. The van der Waals surface area contributed by atoms with E-state index in [1.807, 2.05) is 31.2 Å². The lowest BCUT2D eigenvalue weighted by atomic mass is 9.87. The molecule has 11 nitrogen and oxygen atoms in total. The Kier molecular flexibility index (Phi) is 10.3. The Hall–Kier alpha value is -4.53. The predicted octanol–water partition coefficient (Wildman–Crippen LogP) is 5.29. The Morgan fingerprint density at radius 3 is 2.22 bits per heavy atom. The first kappa shape index (κ1) is 34.9. The van der Waals surface area contributed by atoms with Gasteiger partial charge in [0.05, 0.1) is 31.0 Å². The van der Waals surface area contributed by atoms with Crippen molar-refractivity contribution in [1.29, 1.82) is 0 Å². The zero-order valence-corrected chi connectivity index (χ0v) is 29.5. The predicted molar refractivity (Wildman–Crippen MR) is 193 cm³/mol. The number of hydrogen-bond acceptors (Lipinski definition) is 9. The fraction of sp³-hybridized carbons (Fsp3) is 0.405. The molecule has 5 aromatic rings. The molecule has 51 heavy (non-hydrogen) atoms. The van der Waals surface area contributed by atoms with Crippen LogP contribution in [0.4, 0.5) is 20.2 Å². The first-order chi connectivity index (χ1) is 24.7. The molecule has 0 radical (unpaired) electrons. The number of ether oxygens (including phenoxy) is 1. The minimum absolute atomic E-state index is 0.173. The molecule has 7 rings (SSSR count). The third kappa shape index (κ3) is 7.44. The molecule has 2 aliphatic heterocycles. The molecule has 14 heteroatoms. The molecule has 0 spiro atoms. The van der Waals surface area contributed by atoms with Crippen LogP contribution in [0.1, 0.15) is 38.3 Å². The van der Waals surface area contributed by atoms with E-state index < -0.39 is 23.3 Å². The molecule has 4 atom stereocenters. The molecule has 0 amide bonds. The summed E-state index contributed by atoms with van der Waals surface area (Å²) in [7, 11) is 0. The molecular formula is C37H42F2N8O3S. The Balaban J connectivity index is 0.923. The maximum atomic E-state index is 15.0. The maximum Gasteiger partial charge on any atom is 0.350 e. The number of aromatic nitrogens is 6. The summed E-state index contributed by atoms with van der Waals surface area (Å²) in [5, 5.41) is 18.5. The Labute approximate surface area is 299 Å². The number of aliphatic hydroxyl groups excluding tert-OH is 1. The van der Waals surface area contributed by atoms with Crippen LogP contribution in [0.2, 0.25) is 0 Å². The van der Waals surface area contributed by atoms with Crippen molar-refractivity contribution in [3.05, 3.63) is 113 Å². The van der Waals surface area contributed by atoms with Gasteiger partial charge in [0.2, 0.25) is 0 Å². The summed E-state index contributed by atoms with van der Waals surface area (Å²) in [5.41, 5.74) is 2.14. The fourth-order valence-electron chi connectivity index (χ4n) is 7.24. The van der Waals surface area contributed by atoms with E-state index in [2.05, 4.69) is 49.2 Å². The van der Waals surface area contributed by atoms with Gasteiger partial charge in [-0.05, 0) is 80.3 Å². The second kappa shape index (κ2) is 15.0. The van der Waals surface area contributed by atoms with Crippen LogP contribution in [0, 0.1) is 17.6 Å². The molecule has 0 aliphatic carbocycles. The number of hydrogen-bond donors (Lipinski definition) is 1. The smallest absolute Gasteiger partial charge is 0.350 e. The Morgan fingerprint density at radius 1 is 0.941 bits per heavy atom. The maximum absolute atomic E-state index is 15.0. The highest BCUT2D eigenvalue weighted by molar-refractivity contribution is 7.99. The van der Waals surface area contributed by atoms with Gasteiger partial charge < -0.3 is 19.6 Å². The van der Waals surface area contributed by atoms with E-state index in [4.69, 9.17) is 4.74 Å². The molecule has 1 N–H and O–H groups in total. The van der Waals surface area contributed by atoms with Gasteiger partial charge in [0.25, 0.3) is 0 Å². The van der Waals surface area contributed by atoms with E-state index in [0.29, 0.717) is 31.6 Å². The van der Waals surface area contributed by atoms with Gasteiger partial charge in [0, 0.05) is 59.8 Å². The van der Waals surface area contributed by atoms with Crippen LogP contribution >= 0.6 is 11.8 Å². The number of anilines is 2. The van der Waals surface area contributed by atoms with E-state index in [9.17, 15) is 18.7 Å². The molecule has 0 saturated carbocycles. The SMILES string of the molecule is CCC(C(C)O)n1ncn(-c2ccc(N3CCN(c4ccc(SC[C@@H]5CO[C@@](Cn6cncn6)(c6ccc(F)cc6F)C5)cc4)CC3)cc2)c1=O. The van der Waals surface area contributed by atoms with Gasteiger partial charge in [0.15, 0.2) is 0 Å². The van der Waals surface area contributed by atoms with Crippen molar-refractivity contribution < 1.29 is 18.6 Å². The number of aliphatic hydroxyl groups is 1. The van der Waals surface area contributed by atoms with E-state index in [-0.39, 0.29) is 17.6 Å². The lowest BCUT2D eigenvalue weighted by molar-refractivity contribution is -0.0202. The minimum atomic E-state index is -0.952. The van der Waals surface area contributed by atoms with Crippen molar-refractivity contribution in [2.75, 3.05) is 48.3 Å². The topological polar surface area (TPSA) is 106 Å². The van der Waals surface area contributed by atoms with E-state index in [1.165, 1.54) is 39.7 Å².